The maximum absolute atomic E-state index is 13.2. The number of nitro benzene ring substituents is 1. The van der Waals surface area contributed by atoms with Gasteiger partial charge < -0.3 is 14.8 Å². The Morgan fingerprint density at radius 2 is 1.92 bits per heavy atom. The number of amides is 2. The number of hydrogen-bond acceptors (Lipinski definition) is 9. The van der Waals surface area contributed by atoms with E-state index < -0.39 is 28.9 Å². The largest absolute Gasteiger partial charge is 0.462 e. The van der Waals surface area contributed by atoms with E-state index in [0.717, 1.165) is 0 Å². The zero-order valence-electron chi connectivity index (χ0n) is 19.6. The number of ether oxygens (including phenoxy) is 2. The molecule has 0 bridgehead atoms. The summed E-state index contributed by atoms with van der Waals surface area (Å²) in [4.78, 5) is 61.5. The van der Waals surface area contributed by atoms with Gasteiger partial charge in [0.15, 0.2) is 5.12 Å². The highest BCUT2D eigenvalue weighted by Crippen LogP contribution is 2.32. The third-order valence-electron chi connectivity index (χ3n) is 5.59. The third kappa shape index (κ3) is 6.61. The lowest BCUT2D eigenvalue weighted by atomic mass is 10.0. The molecule has 2 aromatic rings. The van der Waals surface area contributed by atoms with E-state index in [1.165, 1.54) is 40.5 Å². The molecule has 1 aliphatic heterocycles. The molecule has 13 heteroatoms. The van der Waals surface area contributed by atoms with Crippen LogP contribution in [0.1, 0.15) is 41.3 Å². The van der Waals surface area contributed by atoms with Crippen LogP contribution in [0.15, 0.2) is 29.6 Å². The first kappa shape index (κ1) is 27.1. The average molecular weight is 536 g/mol. The number of thiophene rings is 1. The summed E-state index contributed by atoms with van der Waals surface area (Å²) in [5.41, 5.74) is 1.34. The summed E-state index contributed by atoms with van der Waals surface area (Å²) in [6.45, 7) is 3.54. The molecular weight excluding hydrogens is 510 g/mol. The molecule has 36 heavy (non-hydrogen) atoms. The number of carbonyl (C=O) groups excluding carboxylic acids is 4. The molecular formula is C23H25N3O8S2. The minimum atomic E-state index is -0.940. The van der Waals surface area contributed by atoms with Gasteiger partial charge in [0.2, 0.25) is 5.91 Å². The first-order valence-corrected chi connectivity index (χ1v) is 12.4. The Bertz CT molecular complexity index is 1160. The highest BCUT2D eigenvalue weighted by molar-refractivity contribution is 7.96. The minimum absolute atomic E-state index is 0.0746. The highest BCUT2D eigenvalue weighted by Gasteiger charge is 2.41. The van der Waals surface area contributed by atoms with Gasteiger partial charge in [0, 0.05) is 25.1 Å². The predicted molar refractivity (Wildman–Crippen MR) is 134 cm³/mol. The van der Waals surface area contributed by atoms with Crippen molar-refractivity contribution in [2.24, 2.45) is 5.92 Å². The highest BCUT2D eigenvalue weighted by atomic mass is 32.1. The number of benzene rings is 1. The van der Waals surface area contributed by atoms with Gasteiger partial charge in [-0.3, -0.25) is 24.6 Å². The van der Waals surface area contributed by atoms with Gasteiger partial charge in [-0.05, 0) is 54.8 Å². The number of hydrogen-bond donors (Lipinski definition) is 2. The summed E-state index contributed by atoms with van der Waals surface area (Å²) in [6, 6.07) is 4.60. The fourth-order valence-electron chi connectivity index (χ4n) is 3.90. The number of non-ortho nitro benzene ring substituents is 1. The second-order valence-electron chi connectivity index (χ2n) is 8.18. The predicted octanol–water partition coefficient (Wildman–Crippen LogP) is 3.95. The lowest BCUT2D eigenvalue weighted by Gasteiger charge is -2.23. The number of nitrogens with zero attached hydrogens (tertiary/aromatic N) is 2. The number of anilines is 1. The van der Waals surface area contributed by atoms with Gasteiger partial charge in [-0.2, -0.15) is 0 Å². The third-order valence-corrected chi connectivity index (χ3v) is 6.78. The van der Waals surface area contributed by atoms with E-state index >= 15 is 0 Å². The van der Waals surface area contributed by atoms with Crippen molar-refractivity contribution >= 4 is 57.7 Å². The molecule has 1 fully saturated rings. The molecule has 1 aromatic heterocycles. The van der Waals surface area contributed by atoms with Gasteiger partial charge in [0.05, 0.1) is 17.1 Å². The monoisotopic (exact) mass is 535 g/mol. The molecule has 2 amide bonds. The number of aryl methyl sites for hydroxylation is 1. The maximum atomic E-state index is 13.2. The smallest absolute Gasteiger partial charge is 0.410 e. The van der Waals surface area contributed by atoms with Crippen LogP contribution in [0.25, 0.3) is 0 Å². The van der Waals surface area contributed by atoms with E-state index in [-0.39, 0.29) is 54.9 Å². The Labute approximate surface area is 216 Å². The topological polar surface area (TPSA) is 145 Å². The Hall–Kier alpha value is -3.45. The van der Waals surface area contributed by atoms with Crippen molar-refractivity contribution in [2.45, 2.75) is 39.3 Å². The van der Waals surface area contributed by atoms with Crippen molar-refractivity contribution in [3.8, 4) is 0 Å². The lowest BCUT2D eigenvalue weighted by Crippen LogP contribution is -2.43. The minimum Gasteiger partial charge on any atom is -0.462 e. The van der Waals surface area contributed by atoms with E-state index in [2.05, 4.69) is 17.9 Å². The van der Waals surface area contributed by atoms with Crippen molar-refractivity contribution in [3.05, 3.63) is 56.5 Å². The normalized spacial score (nSPS) is 16.9. The maximum Gasteiger partial charge on any atom is 0.410 e. The van der Waals surface area contributed by atoms with Crippen molar-refractivity contribution in [2.75, 3.05) is 18.5 Å². The number of nitro groups is 1. The van der Waals surface area contributed by atoms with Crippen LogP contribution < -0.4 is 5.32 Å². The van der Waals surface area contributed by atoms with Crippen molar-refractivity contribution in [1.82, 2.24) is 4.90 Å². The van der Waals surface area contributed by atoms with Crippen LogP contribution in [0.4, 0.5) is 15.5 Å². The van der Waals surface area contributed by atoms with Crippen molar-refractivity contribution < 1.29 is 33.6 Å². The zero-order chi connectivity index (χ0) is 26.4. The number of likely N-dealkylation sites (tertiary alicyclic amines) is 1. The Morgan fingerprint density at radius 1 is 1.22 bits per heavy atom. The second-order valence-corrected chi connectivity index (χ2v) is 9.56. The number of carbonyl (C=O) groups is 4. The second kappa shape index (κ2) is 12.0. The summed E-state index contributed by atoms with van der Waals surface area (Å²) in [5.74, 6) is -1.38. The standard InChI is InChI=1S/C23H25N3O8S2/c1-3-33-22(29)19-13(2)12-36-21(19)24-20(28)17-8-15(9-18(27)35)10-25(17)23(30)34-11-14-4-6-16(7-5-14)26(31)32/h4-7,12,15,17H,3,8-11H2,1-2H3,(H,24,28)(H,27,35)/t15-,17-/m0/s1. The summed E-state index contributed by atoms with van der Waals surface area (Å²) in [7, 11) is 0. The number of nitrogens with one attached hydrogen (secondary N) is 1. The zero-order valence-corrected chi connectivity index (χ0v) is 21.3. The first-order chi connectivity index (χ1) is 17.1. The SMILES string of the molecule is CCOC(=O)c1c(C)csc1NC(=O)[C@@H]1C[C@@H](CC(=O)S)CN1C(=O)OCc1ccc([N+](=O)[O-])cc1. The van der Waals surface area contributed by atoms with E-state index in [1.54, 1.807) is 19.2 Å². The van der Waals surface area contributed by atoms with Gasteiger partial charge >= 0.3 is 12.1 Å². The van der Waals surface area contributed by atoms with Crippen LogP contribution >= 0.6 is 24.0 Å². The quantitative estimate of drug-likeness (QED) is 0.212. The number of thiol groups is 1. The molecule has 0 unspecified atom stereocenters. The lowest BCUT2D eigenvalue weighted by molar-refractivity contribution is -0.384. The summed E-state index contributed by atoms with van der Waals surface area (Å²) in [6.07, 6.45) is -0.481. The van der Waals surface area contributed by atoms with Crippen molar-refractivity contribution in [3.63, 3.8) is 0 Å². The van der Waals surface area contributed by atoms with Crippen molar-refractivity contribution in [1.29, 1.82) is 0 Å². The Morgan fingerprint density at radius 3 is 2.53 bits per heavy atom. The average Bonchev–Trinajstić information content (AvgIpc) is 3.40. The molecule has 1 saturated heterocycles. The number of rotatable bonds is 9. The van der Waals surface area contributed by atoms with Crippen LogP contribution in [0.5, 0.6) is 0 Å². The molecule has 192 valence electrons. The van der Waals surface area contributed by atoms with Gasteiger partial charge in [-0.25, -0.2) is 9.59 Å². The van der Waals surface area contributed by atoms with Gasteiger partial charge in [-0.15, -0.1) is 24.0 Å². The van der Waals surface area contributed by atoms with Crippen LogP contribution in [-0.4, -0.2) is 52.1 Å². The van der Waals surface area contributed by atoms with Gasteiger partial charge in [0.25, 0.3) is 5.69 Å². The molecule has 1 aliphatic rings. The van der Waals surface area contributed by atoms with E-state index in [0.29, 0.717) is 16.1 Å². The van der Waals surface area contributed by atoms with Crippen LogP contribution in [0, 0.1) is 23.0 Å². The van der Waals surface area contributed by atoms with E-state index in [9.17, 15) is 29.3 Å². The van der Waals surface area contributed by atoms with E-state index in [1.807, 2.05) is 0 Å². The van der Waals surface area contributed by atoms with Gasteiger partial charge in [-0.1, -0.05) is 0 Å². The molecule has 2 atom stereocenters. The van der Waals surface area contributed by atoms with Crippen LogP contribution in [0.3, 0.4) is 0 Å². The Kier molecular flexibility index (Phi) is 9.04. The molecule has 2 heterocycles. The molecule has 0 radical (unpaired) electrons. The number of esters is 1. The summed E-state index contributed by atoms with van der Waals surface area (Å²) >= 11 is 4.98. The van der Waals surface area contributed by atoms with Gasteiger partial charge in [0.1, 0.15) is 17.6 Å². The van der Waals surface area contributed by atoms with Crippen LogP contribution in [-0.2, 0) is 25.7 Å². The molecule has 11 nitrogen and oxygen atoms in total. The van der Waals surface area contributed by atoms with Crippen LogP contribution in [0.2, 0.25) is 0 Å². The molecule has 3 rings (SSSR count). The van der Waals surface area contributed by atoms with E-state index in [4.69, 9.17) is 9.47 Å². The molecule has 0 spiro atoms. The molecule has 1 aromatic carbocycles. The fourth-order valence-corrected chi connectivity index (χ4v) is 5.09. The summed E-state index contributed by atoms with van der Waals surface area (Å²) in [5, 5.41) is 15.2. The first-order valence-electron chi connectivity index (χ1n) is 11.0. The fraction of sp³-hybridized carbons (Fsp3) is 0.391. The molecule has 0 saturated carbocycles. The Balaban J connectivity index is 1.73. The molecule has 1 N–H and O–H groups in total. The molecule has 0 aliphatic carbocycles. The summed E-state index contributed by atoms with van der Waals surface area (Å²) < 4.78 is 10.4.